The van der Waals surface area contributed by atoms with Gasteiger partial charge in [-0.1, -0.05) is 44.2 Å². The lowest BCUT2D eigenvalue weighted by atomic mass is 10.0. The number of nitrogens with one attached hydrogen (secondary N) is 1. The molecule has 1 saturated heterocycles. The summed E-state index contributed by atoms with van der Waals surface area (Å²) < 4.78 is 0. The highest BCUT2D eigenvalue weighted by Gasteiger charge is 2.26. The first kappa shape index (κ1) is 12.0. The van der Waals surface area contributed by atoms with E-state index in [9.17, 15) is 0 Å². The van der Waals surface area contributed by atoms with Crippen molar-refractivity contribution in [2.45, 2.75) is 43.2 Å². The van der Waals surface area contributed by atoms with E-state index in [0.717, 1.165) is 11.8 Å². The molecule has 0 amide bonds. The zero-order chi connectivity index (χ0) is 11.4. The molecule has 1 fully saturated rings. The maximum Gasteiger partial charge on any atom is 0.0440 e. The van der Waals surface area contributed by atoms with Crippen molar-refractivity contribution in [3.63, 3.8) is 0 Å². The predicted molar refractivity (Wildman–Crippen MR) is 72.9 cm³/mol. The molecule has 1 aromatic carbocycles. The minimum atomic E-state index is 0.529. The Bertz CT molecular complexity index is 312. The van der Waals surface area contributed by atoms with Crippen LogP contribution < -0.4 is 5.32 Å². The lowest BCUT2D eigenvalue weighted by Gasteiger charge is -2.25. The van der Waals surface area contributed by atoms with Crippen LogP contribution in [0.25, 0.3) is 0 Å². The molecule has 2 rings (SSSR count). The summed E-state index contributed by atoms with van der Waals surface area (Å²) in [6.07, 6.45) is 2.52. The van der Waals surface area contributed by atoms with Crippen LogP contribution in [-0.2, 0) is 0 Å². The lowest BCUT2D eigenvalue weighted by molar-refractivity contribution is 0.513. The van der Waals surface area contributed by atoms with E-state index < -0.39 is 0 Å². The fourth-order valence-electron chi connectivity index (χ4n) is 2.34. The number of rotatable bonds is 2. The second kappa shape index (κ2) is 5.74. The molecule has 2 heteroatoms. The Hall–Kier alpha value is -0.470. The van der Waals surface area contributed by atoms with E-state index in [2.05, 4.69) is 61.3 Å². The lowest BCUT2D eigenvalue weighted by Crippen LogP contribution is -2.28. The topological polar surface area (TPSA) is 12.0 Å². The summed E-state index contributed by atoms with van der Waals surface area (Å²) in [5.41, 5.74) is 1.44. The second-order valence-corrected chi connectivity index (χ2v) is 6.21. The van der Waals surface area contributed by atoms with Gasteiger partial charge < -0.3 is 5.32 Å². The molecule has 0 bridgehead atoms. The van der Waals surface area contributed by atoms with Crippen LogP contribution in [0.2, 0.25) is 0 Å². The average molecular weight is 235 g/mol. The maximum absolute atomic E-state index is 3.71. The van der Waals surface area contributed by atoms with Crippen LogP contribution in [0.4, 0.5) is 0 Å². The van der Waals surface area contributed by atoms with Crippen molar-refractivity contribution in [1.82, 2.24) is 5.32 Å². The van der Waals surface area contributed by atoms with Gasteiger partial charge in [-0.05, 0) is 24.9 Å². The highest BCUT2D eigenvalue weighted by atomic mass is 32.2. The number of thioether (sulfide) groups is 1. The van der Waals surface area contributed by atoms with Crippen molar-refractivity contribution in [1.29, 1.82) is 0 Å². The molecule has 88 valence electrons. The summed E-state index contributed by atoms with van der Waals surface area (Å²) in [4.78, 5) is 0. The summed E-state index contributed by atoms with van der Waals surface area (Å²) in [6.45, 7) is 5.79. The average Bonchev–Trinajstić information content (AvgIpc) is 2.51. The summed E-state index contributed by atoms with van der Waals surface area (Å²) in [7, 11) is 0. The van der Waals surface area contributed by atoms with Crippen LogP contribution in [0, 0.1) is 0 Å². The van der Waals surface area contributed by atoms with E-state index in [4.69, 9.17) is 0 Å². The van der Waals surface area contributed by atoms with E-state index in [-0.39, 0.29) is 0 Å². The SMILES string of the molecule is CCC1SC(C)CCNC1c1ccccc1. The van der Waals surface area contributed by atoms with Crippen molar-refractivity contribution in [3.8, 4) is 0 Å². The van der Waals surface area contributed by atoms with Crippen LogP contribution in [-0.4, -0.2) is 17.0 Å². The molecule has 0 radical (unpaired) electrons. The minimum absolute atomic E-state index is 0.529. The summed E-state index contributed by atoms with van der Waals surface area (Å²) in [5, 5.41) is 5.20. The molecule has 1 aliphatic rings. The molecule has 1 aromatic rings. The molecule has 3 unspecified atom stereocenters. The van der Waals surface area contributed by atoms with Crippen LogP contribution >= 0.6 is 11.8 Å². The van der Waals surface area contributed by atoms with Gasteiger partial charge in [-0.3, -0.25) is 0 Å². The molecule has 3 atom stereocenters. The second-order valence-electron chi connectivity index (χ2n) is 4.52. The number of benzene rings is 1. The molecule has 16 heavy (non-hydrogen) atoms. The largest absolute Gasteiger partial charge is 0.309 e. The molecule has 0 aliphatic carbocycles. The smallest absolute Gasteiger partial charge is 0.0440 e. The fourth-order valence-corrected chi connectivity index (χ4v) is 3.80. The molecule has 1 heterocycles. The van der Waals surface area contributed by atoms with E-state index in [1.54, 1.807) is 0 Å². The van der Waals surface area contributed by atoms with Gasteiger partial charge in [0.1, 0.15) is 0 Å². The molecular weight excluding hydrogens is 214 g/mol. The third-order valence-corrected chi connectivity index (χ3v) is 4.91. The molecule has 0 aromatic heterocycles. The zero-order valence-corrected chi connectivity index (χ0v) is 11.0. The van der Waals surface area contributed by atoms with Crippen LogP contribution in [0.3, 0.4) is 0 Å². The van der Waals surface area contributed by atoms with Gasteiger partial charge in [-0.25, -0.2) is 0 Å². The Kier molecular flexibility index (Phi) is 4.30. The van der Waals surface area contributed by atoms with Crippen LogP contribution in [0.15, 0.2) is 30.3 Å². The monoisotopic (exact) mass is 235 g/mol. The van der Waals surface area contributed by atoms with Crippen molar-refractivity contribution < 1.29 is 0 Å². The first-order valence-corrected chi connectivity index (χ1v) is 7.19. The number of hydrogen-bond acceptors (Lipinski definition) is 2. The van der Waals surface area contributed by atoms with E-state index in [1.165, 1.54) is 18.4 Å². The van der Waals surface area contributed by atoms with Gasteiger partial charge in [0.15, 0.2) is 0 Å². The normalized spacial score (nSPS) is 31.0. The van der Waals surface area contributed by atoms with E-state index in [1.807, 2.05) is 0 Å². The summed E-state index contributed by atoms with van der Waals surface area (Å²) >= 11 is 2.15. The van der Waals surface area contributed by atoms with Gasteiger partial charge >= 0.3 is 0 Å². The van der Waals surface area contributed by atoms with Gasteiger partial charge in [0.25, 0.3) is 0 Å². The molecule has 1 aliphatic heterocycles. The minimum Gasteiger partial charge on any atom is -0.309 e. The molecular formula is C14H21NS. The standard InChI is InChI=1S/C14H21NS/c1-3-13-14(12-7-5-4-6-8-12)15-10-9-11(2)16-13/h4-8,11,13-15H,3,9-10H2,1-2H3. The number of hydrogen-bond donors (Lipinski definition) is 1. The van der Waals surface area contributed by atoms with Crippen molar-refractivity contribution in [2.75, 3.05) is 6.54 Å². The third kappa shape index (κ3) is 2.80. The molecule has 0 spiro atoms. The highest BCUT2D eigenvalue weighted by Crippen LogP contribution is 2.34. The van der Waals surface area contributed by atoms with Crippen molar-refractivity contribution in [3.05, 3.63) is 35.9 Å². The molecule has 1 N–H and O–H groups in total. The fraction of sp³-hybridized carbons (Fsp3) is 0.571. The first-order chi connectivity index (χ1) is 7.81. The quantitative estimate of drug-likeness (QED) is 0.840. The summed E-state index contributed by atoms with van der Waals surface area (Å²) in [5.74, 6) is 0. The van der Waals surface area contributed by atoms with E-state index in [0.29, 0.717) is 11.3 Å². The first-order valence-electron chi connectivity index (χ1n) is 6.25. The van der Waals surface area contributed by atoms with Gasteiger partial charge in [-0.2, -0.15) is 11.8 Å². The predicted octanol–water partition coefficient (Wildman–Crippen LogP) is 3.62. The maximum atomic E-state index is 3.71. The Labute approximate surface area is 103 Å². The third-order valence-electron chi connectivity index (χ3n) is 3.26. The summed E-state index contributed by atoms with van der Waals surface area (Å²) in [6, 6.07) is 11.4. The van der Waals surface area contributed by atoms with Gasteiger partial charge in [0.2, 0.25) is 0 Å². The Balaban J connectivity index is 2.17. The van der Waals surface area contributed by atoms with Gasteiger partial charge in [0.05, 0.1) is 0 Å². The Morgan fingerprint density at radius 2 is 2.06 bits per heavy atom. The van der Waals surface area contributed by atoms with Gasteiger partial charge in [0, 0.05) is 16.5 Å². The Morgan fingerprint density at radius 3 is 2.75 bits per heavy atom. The highest BCUT2D eigenvalue weighted by molar-refractivity contribution is 8.00. The molecule has 1 nitrogen and oxygen atoms in total. The van der Waals surface area contributed by atoms with Gasteiger partial charge in [-0.15, -0.1) is 0 Å². The van der Waals surface area contributed by atoms with Crippen molar-refractivity contribution in [2.24, 2.45) is 0 Å². The van der Waals surface area contributed by atoms with Crippen LogP contribution in [0.1, 0.15) is 38.3 Å². The van der Waals surface area contributed by atoms with Crippen molar-refractivity contribution >= 4 is 11.8 Å². The molecule has 0 saturated carbocycles. The van der Waals surface area contributed by atoms with E-state index >= 15 is 0 Å². The Morgan fingerprint density at radius 1 is 1.31 bits per heavy atom. The zero-order valence-electron chi connectivity index (χ0n) is 10.1. The van der Waals surface area contributed by atoms with Crippen LogP contribution in [0.5, 0.6) is 0 Å².